The average Bonchev–Trinajstić information content (AvgIpc) is 2.49. The van der Waals surface area contributed by atoms with Crippen molar-refractivity contribution in [3.05, 3.63) is 21.6 Å². The first kappa shape index (κ1) is 7.32. The molecule has 0 saturated carbocycles. The Bertz CT molecular complexity index is 460. The van der Waals surface area contributed by atoms with E-state index in [1.807, 2.05) is 0 Å². The van der Waals surface area contributed by atoms with E-state index in [4.69, 9.17) is 5.73 Å². The first-order valence-electron chi connectivity index (χ1n) is 3.22. The Morgan fingerprint density at radius 1 is 1.67 bits per heavy atom. The number of hydrogen-bond acceptors (Lipinski definition) is 6. The molecule has 6 nitrogen and oxygen atoms in total. The molecule has 0 radical (unpaired) electrons. The van der Waals surface area contributed by atoms with E-state index in [0.29, 0.717) is 16.5 Å². The summed E-state index contributed by atoms with van der Waals surface area (Å²) in [5.74, 6) is 0. The lowest BCUT2D eigenvalue weighted by molar-refractivity contribution is 0.822. The van der Waals surface area contributed by atoms with Gasteiger partial charge in [0.2, 0.25) is 4.96 Å². The van der Waals surface area contributed by atoms with Gasteiger partial charge in [0.15, 0.2) is 0 Å². The molecule has 0 aliphatic rings. The Morgan fingerprint density at radius 3 is 3.17 bits per heavy atom. The van der Waals surface area contributed by atoms with Crippen molar-refractivity contribution in [2.45, 2.75) is 6.54 Å². The van der Waals surface area contributed by atoms with Crippen molar-refractivity contribution in [2.24, 2.45) is 5.73 Å². The molecular weight excluding hydrogens is 178 g/mol. The smallest absolute Gasteiger partial charge is 0.293 e. The number of nitrogens with zero attached hydrogens (tertiary/aromatic N) is 4. The van der Waals surface area contributed by atoms with Crippen LogP contribution in [0.15, 0.2) is 11.0 Å². The van der Waals surface area contributed by atoms with Gasteiger partial charge in [-0.3, -0.25) is 4.79 Å². The van der Waals surface area contributed by atoms with Gasteiger partial charge in [0, 0.05) is 6.54 Å². The molecule has 2 rings (SSSR count). The highest BCUT2D eigenvalue weighted by Crippen LogP contribution is 2.07. The molecule has 2 aromatic rings. The maximum atomic E-state index is 11.1. The third-order valence-corrected chi connectivity index (χ3v) is 2.22. The van der Waals surface area contributed by atoms with Gasteiger partial charge in [-0.1, -0.05) is 11.3 Å². The summed E-state index contributed by atoms with van der Waals surface area (Å²) in [5, 5.41) is 11.8. The van der Waals surface area contributed by atoms with Crippen molar-refractivity contribution >= 4 is 16.3 Å². The van der Waals surface area contributed by atoms with Crippen LogP contribution in [0.1, 0.15) is 5.01 Å². The van der Waals surface area contributed by atoms with Crippen LogP contribution < -0.4 is 11.3 Å². The highest BCUT2D eigenvalue weighted by molar-refractivity contribution is 7.16. The minimum Gasteiger partial charge on any atom is -0.324 e. The normalized spacial score (nSPS) is 10.8. The van der Waals surface area contributed by atoms with E-state index in [2.05, 4.69) is 15.3 Å². The molecule has 0 aromatic carbocycles. The number of fused-ring (bicyclic) bond motifs is 1. The van der Waals surface area contributed by atoms with Crippen molar-refractivity contribution in [3.63, 3.8) is 0 Å². The molecule has 0 amide bonds. The lowest BCUT2D eigenvalue weighted by Gasteiger charge is -1.83. The largest absolute Gasteiger partial charge is 0.324 e. The summed E-state index contributed by atoms with van der Waals surface area (Å²) in [5.41, 5.74) is 5.07. The van der Waals surface area contributed by atoms with Crippen molar-refractivity contribution in [1.29, 1.82) is 0 Å². The van der Waals surface area contributed by atoms with Crippen LogP contribution in [0.25, 0.3) is 4.96 Å². The maximum absolute atomic E-state index is 11.1. The standard InChI is InChI=1S/C5H5N5OS/c6-1-3-9-10-4(11)2-7-8-5(10)12-3/h2H,1,6H2. The molecular formula is C5H5N5OS. The number of hydrogen-bond donors (Lipinski definition) is 1. The van der Waals surface area contributed by atoms with Gasteiger partial charge in [-0.05, 0) is 0 Å². The molecule has 0 aliphatic carbocycles. The molecule has 0 fully saturated rings. The molecule has 0 unspecified atom stereocenters. The van der Waals surface area contributed by atoms with Crippen LogP contribution in [-0.2, 0) is 6.54 Å². The van der Waals surface area contributed by atoms with Crippen LogP contribution in [0.2, 0.25) is 0 Å². The molecule has 0 spiro atoms. The van der Waals surface area contributed by atoms with Crippen molar-refractivity contribution in [3.8, 4) is 0 Å². The van der Waals surface area contributed by atoms with Crippen LogP contribution in [0.5, 0.6) is 0 Å². The zero-order chi connectivity index (χ0) is 8.55. The van der Waals surface area contributed by atoms with Gasteiger partial charge >= 0.3 is 0 Å². The molecule has 2 N–H and O–H groups in total. The summed E-state index contributed by atoms with van der Waals surface area (Å²) < 4.78 is 1.19. The van der Waals surface area contributed by atoms with Crippen LogP contribution in [0.3, 0.4) is 0 Å². The van der Waals surface area contributed by atoms with E-state index in [-0.39, 0.29) is 5.56 Å². The van der Waals surface area contributed by atoms with Gasteiger partial charge in [-0.25, -0.2) is 0 Å². The van der Waals surface area contributed by atoms with E-state index in [0.717, 1.165) is 6.20 Å². The van der Waals surface area contributed by atoms with E-state index in [9.17, 15) is 4.79 Å². The van der Waals surface area contributed by atoms with Gasteiger partial charge in [-0.15, -0.1) is 5.10 Å². The quantitative estimate of drug-likeness (QED) is 0.613. The fraction of sp³-hybridized carbons (Fsp3) is 0.200. The monoisotopic (exact) mass is 183 g/mol. The summed E-state index contributed by atoms with van der Waals surface area (Å²) >= 11 is 1.26. The SMILES string of the molecule is NCc1nn2c(=O)cnnc2s1. The molecule has 0 saturated heterocycles. The molecule has 12 heavy (non-hydrogen) atoms. The minimum absolute atomic E-state index is 0.282. The second kappa shape index (κ2) is 2.61. The fourth-order valence-electron chi connectivity index (χ4n) is 0.794. The van der Waals surface area contributed by atoms with Crippen molar-refractivity contribution in [1.82, 2.24) is 19.8 Å². The van der Waals surface area contributed by atoms with Crippen LogP contribution >= 0.6 is 11.3 Å². The van der Waals surface area contributed by atoms with Gasteiger partial charge < -0.3 is 5.73 Å². The Balaban J connectivity index is 2.83. The van der Waals surface area contributed by atoms with Gasteiger partial charge in [0.25, 0.3) is 5.56 Å². The lowest BCUT2D eigenvalue weighted by atomic mass is 10.7. The average molecular weight is 183 g/mol. The first-order valence-corrected chi connectivity index (χ1v) is 4.03. The highest BCUT2D eigenvalue weighted by atomic mass is 32.1. The van der Waals surface area contributed by atoms with E-state index in [1.54, 1.807) is 0 Å². The molecule has 0 bridgehead atoms. The number of rotatable bonds is 1. The van der Waals surface area contributed by atoms with Crippen molar-refractivity contribution in [2.75, 3.05) is 0 Å². The zero-order valence-electron chi connectivity index (χ0n) is 5.97. The second-order valence-electron chi connectivity index (χ2n) is 2.08. The predicted molar refractivity (Wildman–Crippen MR) is 42.8 cm³/mol. The number of nitrogens with two attached hydrogens (primary N) is 1. The molecule has 62 valence electrons. The molecule has 0 atom stereocenters. The third-order valence-electron chi connectivity index (χ3n) is 1.30. The third kappa shape index (κ3) is 0.990. The summed E-state index contributed by atoms with van der Waals surface area (Å²) in [6.45, 7) is 0.313. The van der Waals surface area contributed by atoms with E-state index >= 15 is 0 Å². The molecule has 2 heterocycles. The van der Waals surface area contributed by atoms with E-state index in [1.165, 1.54) is 15.9 Å². The fourth-order valence-corrected chi connectivity index (χ4v) is 1.52. The summed E-state index contributed by atoms with van der Waals surface area (Å²) in [6, 6.07) is 0. The predicted octanol–water partition coefficient (Wildman–Crippen LogP) is -0.995. The van der Waals surface area contributed by atoms with Crippen LogP contribution in [-0.4, -0.2) is 19.8 Å². The van der Waals surface area contributed by atoms with Crippen LogP contribution in [0.4, 0.5) is 0 Å². The minimum atomic E-state index is -0.282. The highest BCUT2D eigenvalue weighted by Gasteiger charge is 2.03. The van der Waals surface area contributed by atoms with Gasteiger partial charge in [0.1, 0.15) is 11.2 Å². The van der Waals surface area contributed by atoms with E-state index < -0.39 is 0 Å². The van der Waals surface area contributed by atoms with Crippen molar-refractivity contribution < 1.29 is 0 Å². The topological polar surface area (TPSA) is 86.2 Å². The maximum Gasteiger partial charge on any atom is 0.293 e. The van der Waals surface area contributed by atoms with Gasteiger partial charge in [-0.2, -0.15) is 14.7 Å². The Hall–Kier alpha value is -1.34. The lowest BCUT2D eigenvalue weighted by Crippen LogP contribution is -2.14. The summed E-state index contributed by atoms with van der Waals surface area (Å²) in [6.07, 6.45) is 1.12. The Kier molecular flexibility index (Phi) is 1.59. The first-order chi connectivity index (χ1) is 5.81. The Morgan fingerprint density at radius 2 is 2.50 bits per heavy atom. The zero-order valence-corrected chi connectivity index (χ0v) is 6.78. The molecule has 2 aromatic heterocycles. The Labute approximate surface area is 70.7 Å². The summed E-state index contributed by atoms with van der Waals surface area (Å²) in [4.78, 5) is 11.5. The second-order valence-corrected chi connectivity index (χ2v) is 3.12. The molecule has 7 heteroatoms. The van der Waals surface area contributed by atoms with Gasteiger partial charge in [0.05, 0.1) is 0 Å². The summed E-state index contributed by atoms with van der Waals surface area (Å²) in [7, 11) is 0. The number of aromatic nitrogens is 4. The van der Waals surface area contributed by atoms with Crippen LogP contribution in [0, 0.1) is 0 Å². The molecule has 0 aliphatic heterocycles.